The van der Waals surface area contributed by atoms with E-state index in [9.17, 15) is 9.59 Å². The molecule has 2 rings (SSSR count). The number of allylic oxidation sites excluding steroid dienone is 1. The number of carbonyl (C=O) groups excluding carboxylic acids is 2. The summed E-state index contributed by atoms with van der Waals surface area (Å²) < 4.78 is 4.83. The lowest BCUT2D eigenvalue weighted by Gasteiger charge is -2.16. The number of unbranched alkanes of at least 4 members (excludes halogenated alkanes) is 2. The standard InChI is InChI=1S/C17H21NO3S3/c19-13-10-15(12-4-6-14(21-23)7-5-12)18-17(20)16(11-13)24-9-3-1-2-8-22/h4-7,11,15,22-23H,1-3,8-10H2,(H,18,20). The maximum Gasteiger partial charge on any atom is 0.258 e. The highest BCUT2D eigenvalue weighted by atomic mass is 32.2. The van der Waals surface area contributed by atoms with E-state index in [0.29, 0.717) is 10.7 Å². The highest BCUT2D eigenvalue weighted by Crippen LogP contribution is 2.27. The predicted molar refractivity (Wildman–Crippen MR) is 105 cm³/mol. The topological polar surface area (TPSA) is 55.4 Å². The van der Waals surface area contributed by atoms with Gasteiger partial charge in [0, 0.05) is 25.4 Å². The van der Waals surface area contributed by atoms with Gasteiger partial charge < -0.3 is 9.50 Å². The van der Waals surface area contributed by atoms with Gasteiger partial charge in [0.25, 0.3) is 5.91 Å². The summed E-state index contributed by atoms with van der Waals surface area (Å²) in [6.07, 6.45) is 4.91. The molecule has 1 unspecified atom stereocenters. The second-order valence-electron chi connectivity index (χ2n) is 5.50. The molecule has 1 N–H and O–H groups in total. The average Bonchev–Trinajstić information content (AvgIpc) is 2.73. The zero-order chi connectivity index (χ0) is 17.4. The molecular formula is C17H21NO3S3. The van der Waals surface area contributed by atoms with E-state index in [-0.39, 0.29) is 24.2 Å². The molecule has 1 aliphatic rings. The largest absolute Gasteiger partial charge is 0.429 e. The first kappa shape index (κ1) is 19.3. The first-order valence-electron chi connectivity index (χ1n) is 7.84. The summed E-state index contributed by atoms with van der Waals surface area (Å²) in [7, 11) is 0. The van der Waals surface area contributed by atoms with Crippen LogP contribution in [-0.2, 0) is 9.59 Å². The Kier molecular flexibility index (Phi) is 8.08. The van der Waals surface area contributed by atoms with Crippen molar-refractivity contribution in [1.82, 2.24) is 5.32 Å². The van der Waals surface area contributed by atoms with Crippen LogP contribution >= 0.6 is 37.3 Å². The predicted octanol–water partition coefficient (Wildman–Crippen LogP) is 3.76. The number of ketones is 1. The van der Waals surface area contributed by atoms with Crippen LogP contribution in [0.3, 0.4) is 0 Å². The van der Waals surface area contributed by atoms with Crippen molar-refractivity contribution in [3.05, 3.63) is 40.8 Å². The SMILES string of the molecule is O=C1C=C(SCCCCCS)C(=O)NC(c2ccc(OS)cc2)C1. The Balaban J connectivity index is 1.97. The molecule has 0 saturated carbocycles. The van der Waals surface area contributed by atoms with Crippen molar-refractivity contribution in [2.75, 3.05) is 11.5 Å². The Morgan fingerprint density at radius 2 is 1.92 bits per heavy atom. The van der Waals surface area contributed by atoms with E-state index in [1.165, 1.54) is 17.8 Å². The molecule has 0 bridgehead atoms. The molecule has 7 heteroatoms. The fraction of sp³-hybridized carbons (Fsp3) is 0.412. The molecule has 1 heterocycles. The van der Waals surface area contributed by atoms with Gasteiger partial charge in [-0.1, -0.05) is 18.6 Å². The van der Waals surface area contributed by atoms with Crippen LogP contribution in [0.4, 0.5) is 0 Å². The van der Waals surface area contributed by atoms with Crippen molar-refractivity contribution in [3.63, 3.8) is 0 Å². The smallest absolute Gasteiger partial charge is 0.258 e. The Morgan fingerprint density at radius 3 is 2.58 bits per heavy atom. The minimum atomic E-state index is -0.322. The van der Waals surface area contributed by atoms with Gasteiger partial charge in [0.1, 0.15) is 5.75 Å². The molecule has 0 saturated heterocycles. The molecule has 1 aliphatic heterocycles. The Bertz CT molecular complexity index is 602. The summed E-state index contributed by atoms with van der Waals surface area (Å²) in [6, 6.07) is 6.86. The molecule has 0 spiro atoms. The molecule has 1 aromatic carbocycles. The molecule has 1 atom stereocenters. The van der Waals surface area contributed by atoms with Crippen LogP contribution in [0.1, 0.15) is 37.3 Å². The Labute approximate surface area is 157 Å². The summed E-state index contributed by atoms with van der Waals surface area (Å²) in [5.74, 6) is 2.11. The van der Waals surface area contributed by atoms with E-state index in [4.69, 9.17) is 4.18 Å². The second kappa shape index (κ2) is 10.1. The van der Waals surface area contributed by atoms with Gasteiger partial charge in [-0.05, 0) is 42.0 Å². The van der Waals surface area contributed by atoms with Crippen LogP contribution in [0, 0.1) is 0 Å². The number of benzene rings is 1. The molecule has 1 amide bonds. The number of nitrogens with one attached hydrogen (secondary N) is 1. The lowest BCUT2D eigenvalue weighted by atomic mass is 10.0. The van der Waals surface area contributed by atoms with E-state index in [0.717, 1.165) is 36.3 Å². The van der Waals surface area contributed by atoms with Crippen LogP contribution < -0.4 is 9.50 Å². The van der Waals surface area contributed by atoms with Crippen LogP contribution in [0.5, 0.6) is 5.75 Å². The highest BCUT2D eigenvalue weighted by Gasteiger charge is 2.24. The van der Waals surface area contributed by atoms with E-state index < -0.39 is 0 Å². The van der Waals surface area contributed by atoms with Crippen molar-refractivity contribution in [3.8, 4) is 5.75 Å². The Hall–Kier alpha value is -1.05. The van der Waals surface area contributed by atoms with Crippen molar-refractivity contribution < 1.29 is 13.8 Å². The van der Waals surface area contributed by atoms with Crippen molar-refractivity contribution >= 4 is 49.0 Å². The number of hydrogen-bond acceptors (Lipinski definition) is 6. The van der Waals surface area contributed by atoms with E-state index in [1.54, 1.807) is 12.1 Å². The molecule has 0 fully saturated rings. The van der Waals surface area contributed by atoms with Gasteiger partial charge >= 0.3 is 0 Å². The number of hydrogen-bond donors (Lipinski definition) is 3. The number of rotatable bonds is 8. The first-order valence-corrected chi connectivity index (χ1v) is 9.83. The van der Waals surface area contributed by atoms with Crippen LogP contribution in [0.25, 0.3) is 0 Å². The van der Waals surface area contributed by atoms with Crippen LogP contribution in [0.2, 0.25) is 0 Å². The fourth-order valence-corrected chi connectivity index (χ4v) is 3.71. The molecular weight excluding hydrogens is 362 g/mol. The van der Waals surface area contributed by atoms with E-state index in [1.807, 2.05) is 12.1 Å². The summed E-state index contributed by atoms with van der Waals surface area (Å²) in [5, 5.41) is 2.94. The fourth-order valence-electron chi connectivity index (χ4n) is 2.39. The zero-order valence-electron chi connectivity index (χ0n) is 13.2. The maximum absolute atomic E-state index is 12.4. The molecule has 0 aromatic heterocycles. The van der Waals surface area contributed by atoms with Crippen molar-refractivity contribution in [2.45, 2.75) is 31.7 Å². The van der Waals surface area contributed by atoms with Gasteiger partial charge in [0.05, 0.1) is 10.9 Å². The van der Waals surface area contributed by atoms with Gasteiger partial charge in [-0.2, -0.15) is 12.6 Å². The molecule has 130 valence electrons. The Morgan fingerprint density at radius 1 is 1.17 bits per heavy atom. The van der Waals surface area contributed by atoms with Crippen LogP contribution in [0.15, 0.2) is 35.2 Å². The molecule has 1 aromatic rings. The summed E-state index contributed by atoms with van der Waals surface area (Å²) in [6.45, 7) is 0. The van der Waals surface area contributed by atoms with Gasteiger partial charge in [-0.15, -0.1) is 11.8 Å². The van der Waals surface area contributed by atoms with Crippen molar-refractivity contribution in [1.29, 1.82) is 0 Å². The summed E-state index contributed by atoms with van der Waals surface area (Å²) in [5.41, 5.74) is 0.874. The normalized spacial score (nSPS) is 17.9. The third-order valence-electron chi connectivity index (χ3n) is 3.67. The lowest BCUT2D eigenvalue weighted by molar-refractivity contribution is -0.117. The molecule has 0 aliphatic carbocycles. The van der Waals surface area contributed by atoms with Gasteiger partial charge in [-0.25, -0.2) is 0 Å². The quantitative estimate of drug-likeness (QED) is 0.363. The third-order valence-corrected chi connectivity index (χ3v) is 5.31. The van der Waals surface area contributed by atoms with Crippen LogP contribution in [-0.4, -0.2) is 23.2 Å². The van der Waals surface area contributed by atoms with Crippen molar-refractivity contribution in [2.24, 2.45) is 0 Å². The van der Waals surface area contributed by atoms with E-state index >= 15 is 0 Å². The minimum Gasteiger partial charge on any atom is -0.429 e. The van der Waals surface area contributed by atoms with Gasteiger partial charge in [0.15, 0.2) is 5.78 Å². The molecule has 0 radical (unpaired) electrons. The lowest BCUT2D eigenvalue weighted by Crippen LogP contribution is -2.28. The average molecular weight is 384 g/mol. The monoisotopic (exact) mass is 383 g/mol. The maximum atomic E-state index is 12.4. The number of thioether (sulfide) groups is 1. The number of amides is 1. The molecule has 24 heavy (non-hydrogen) atoms. The summed E-state index contributed by atoms with van der Waals surface area (Å²) in [4.78, 5) is 25.0. The molecule has 4 nitrogen and oxygen atoms in total. The number of thiol groups is 2. The highest BCUT2D eigenvalue weighted by molar-refractivity contribution is 8.04. The number of carbonyl (C=O) groups is 2. The van der Waals surface area contributed by atoms with Gasteiger partial charge in [0.2, 0.25) is 0 Å². The van der Waals surface area contributed by atoms with E-state index in [2.05, 4.69) is 30.9 Å². The second-order valence-corrected chi connectivity index (χ2v) is 7.26. The summed E-state index contributed by atoms with van der Waals surface area (Å²) >= 11 is 9.38. The van der Waals surface area contributed by atoms with Gasteiger partial charge in [-0.3, -0.25) is 9.59 Å². The minimum absolute atomic E-state index is 0.0364. The third kappa shape index (κ3) is 5.79. The zero-order valence-corrected chi connectivity index (χ0v) is 15.8. The first-order chi connectivity index (χ1) is 11.6.